The average Bonchev–Trinajstić information content (AvgIpc) is 2.96. The molecule has 0 saturated carbocycles. The van der Waals surface area contributed by atoms with E-state index in [1.807, 2.05) is 12.3 Å². The number of fused-ring (bicyclic) bond motifs is 1. The molecule has 1 N–H and O–H groups in total. The first-order valence-corrected chi connectivity index (χ1v) is 7.28. The third-order valence-electron chi connectivity index (χ3n) is 4.12. The van der Waals surface area contributed by atoms with E-state index in [9.17, 15) is 5.11 Å². The van der Waals surface area contributed by atoms with Crippen molar-refractivity contribution in [3.8, 4) is 0 Å². The van der Waals surface area contributed by atoms with Crippen LogP contribution in [-0.2, 0) is 19.4 Å². The number of aromatic nitrogens is 2. The van der Waals surface area contributed by atoms with Crippen LogP contribution in [0.15, 0.2) is 22.9 Å². The number of rotatable bonds is 3. The lowest BCUT2D eigenvalue weighted by atomic mass is 9.75. The van der Waals surface area contributed by atoms with E-state index < -0.39 is 0 Å². The Kier molecular flexibility index (Phi) is 3.21. The zero-order chi connectivity index (χ0) is 14.3. The van der Waals surface area contributed by atoms with Crippen LogP contribution in [0, 0.1) is 5.41 Å². The van der Waals surface area contributed by atoms with E-state index in [4.69, 9.17) is 4.42 Å². The Hall–Kier alpha value is -1.55. The standard InChI is InChI=1S/C16H22N2O2/c1-4-11-9-17-15(20-11)10-18-6-5-12-13(18)7-16(2,3)8-14(12)19/h5-6,9,14,19H,4,7-8,10H2,1-3H3. The lowest BCUT2D eigenvalue weighted by Crippen LogP contribution is -2.26. The van der Waals surface area contributed by atoms with E-state index in [0.29, 0.717) is 6.54 Å². The van der Waals surface area contributed by atoms with E-state index in [1.165, 1.54) is 5.69 Å². The van der Waals surface area contributed by atoms with Crippen molar-refractivity contribution in [3.63, 3.8) is 0 Å². The largest absolute Gasteiger partial charge is 0.444 e. The van der Waals surface area contributed by atoms with Crippen LogP contribution in [-0.4, -0.2) is 14.7 Å². The molecule has 0 fully saturated rings. The van der Waals surface area contributed by atoms with Crippen LogP contribution in [0.25, 0.3) is 0 Å². The number of aryl methyl sites for hydroxylation is 1. The van der Waals surface area contributed by atoms with Gasteiger partial charge in [0.15, 0.2) is 0 Å². The van der Waals surface area contributed by atoms with E-state index in [1.54, 1.807) is 6.20 Å². The van der Waals surface area contributed by atoms with Gasteiger partial charge in [0.2, 0.25) is 5.89 Å². The van der Waals surface area contributed by atoms with Crippen molar-refractivity contribution in [2.75, 3.05) is 0 Å². The van der Waals surface area contributed by atoms with Crippen molar-refractivity contribution >= 4 is 0 Å². The highest BCUT2D eigenvalue weighted by molar-refractivity contribution is 5.29. The number of hydrogen-bond acceptors (Lipinski definition) is 3. The SMILES string of the molecule is CCc1cnc(Cn2ccc3c2CC(C)(C)CC3O)o1. The zero-order valence-corrected chi connectivity index (χ0v) is 12.4. The normalized spacial score (nSPS) is 20.9. The van der Waals surface area contributed by atoms with Crippen LogP contribution in [0.3, 0.4) is 0 Å². The molecule has 0 aliphatic heterocycles. The third-order valence-corrected chi connectivity index (χ3v) is 4.12. The van der Waals surface area contributed by atoms with E-state index in [-0.39, 0.29) is 11.5 Å². The Morgan fingerprint density at radius 1 is 1.50 bits per heavy atom. The molecule has 0 radical (unpaired) electrons. The molecule has 0 aromatic carbocycles. The summed E-state index contributed by atoms with van der Waals surface area (Å²) in [6.07, 6.45) is 6.14. The van der Waals surface area contributed by atoms with Crippen LogP contribution >= 0.6 is 0 Å². The van der Waals surface area contributed by atoms with Crippen molar-refractivity contribution < 1.29 is 9.52 Å². The second-order valence-electron chi connectivity index (χ2n) is 6.48. The predicted octanol–water partition coefficient (Wildman–Crippen LogP) is 3.09. The van der Waals surface area contributed by atoms with Crippen LogP contribution in [0.4, 0.5) is 0 Å². The highest BCUT2D eigenvalue weighted by Gasteiger charge is 2.33. The topological polar surface area (TPSA) is 51.2 Å². The fourth-order valence-corrected chi connectivity index (χ4v) is 3.07. The first kappa shape index (κ1) is 13.4. The quantitative estimate of drug-likeness (QED) is 0.935. The van der Waals surface area contributed by atoms with E-state index >= 15 is 0 Å². The second-order valence-corrected chi connectivity index (χ2v) is 6.48. The number of hydrogen-bond donors (Lipinski definition) is 1. The third kappa shape index (κ3) is 2.40. The van der Waals surface area contributed by atoms with Gasteiger partial charge in [0, 0.05) is 23.9 Å². The van der Waals surface area contributed by atoms with Crippen molar-refractivity contribution in [1.29, 1.82) is 0 Å². The first-order valence-electron chi connectivity index (χ1n) is 7.28. The molecule has 2 aromatic rings. The van der Waals surface area contributed by atoms with Gasteiger partial charge in [-0.05, 0) is 24.3 Å². The van der Waals surface area contributed by atoms with E-state index in [2.05, 4.69) is 30.3 Å². The number of nitrogens with zero attached hydrogens (tertiary/aromatic N) is 2. The smallest absolute Gasteiger partial charge is 0.214 e. The van der Waals surface area contributed by atoms with Crippen molar-refractivity contribution in [3.05, 3.63) is 41.4 Å². The first-order chi connectivity index (χ1) is 9.48. The number of aliphatic hydroxyl groups is 1. The highest BCUT2D eigenvalue weighted by Crippen LogP contribution is 2.41. The van der Waals surface area contributed by atoms with Gasteiger partial charge < -0.3 is 14.1 Å². The summed E-state index contributed by atoms with van der Waals surface area (Å²) in [7, 11) is 0. The van der Waals surface area contributed by atoms with Crippen molar-refractivity contribution in [2.24, 2.45) is 5.41 Å². The van der Waals surface area contributed by atoms with E-state index in [0.717, 1.165) is 36.5 Å². The molecule has 2 heterocycles. The van der Waals surface area contributed by atoms with Crippen molar-refractivity contribution in [2.45, 2.75) is 52.7 Å². The molecule has 0 amide bonds. The summed E-state index contributed by atoms with van der Waals surface area (Å²) >= 11 is 0. The number of aliphatic hydroxyl groups excluding tert-OH is 1. The molecule has 4 nitrogen and oxygen atoms in total. The molecule has 3 rings (SSSR count). The minimum Gasteiger partial charge on any atom is -0.444 e. The summed E-state index contributed by atoms with van der Waals surface area (Å²) in [5.74, 6) is 1.65. The molecule has 108 valence electrons. The highest BCUT2D eigenvalue weighted by atomic mass is 16.4. The molecule has 1 aliphatic carbocycles. The molecule has 1 atom stereocenters. The maximum Gasteiger partial charge on any atom is 0.214 e. The molecule has 20 heavy (non-hydrogen) atoms. The Labute approximate surface area is 119 Å². The van der Waals surface area contributed by atoms with Gasteiger partial charge in [-0.25, -0.2) is 4.98 Å². The fraction of sp³-hybridized carbons (Fsp3) is 0.562. The fourth-order valence-electron chi connectivity index (χ4n) is 3.07. The maximum atomic E-state index is 10.3. The monoisotopic (exact) mass is 274 g/mol. The predicted molar refractivity (Wildman–Crippen MR) is 76.5 cm³/mol. The summed E-state index contributed by atoms with van der Waals surface area (Å²) < 4.78 is 7.84. The number of oxazole rings is 1. The minimum atomic E-state index is -0.356. The molecular weight excluding hydrogens is 252 g/mol. The molecule has 0 bridgehead atoms. The van der Waals surface area contributed by atoms with Crippen LogP contribution < -0.4 is 0 Å². The van der Waals surface area contributed by atoms with Gasteiger partial charge in [0.1, 0.15) is 5.76 Å². The molecule has 0 saturated heterocycles. The van der Waals surface area contributed by atoms with Crippen LogP contribution in [0.1, 0.15) is 56.2 Å². The summed E-state index contributed by atoms with van der Waals surface area (Å²) in [5, 5.41) is 10.3. The van der Waals surface area contributed by atoms with Gasteiger partial charge in [-0.3, -0.25) is 0 Å². The van der Waals surface area contributed by atoms with Crippen molar-refractivity contribution in [1.82, 2.24) is 9.55 Å². The average molecular weight is 274 g/mol. The molecule has 1 unspecified atom stereocenters. The Balaban J connectivity index is 1.89. The molecule has 1 aliphatic rings. The lowest BCUT2D eigenvalue weighted by molar-refractivity contribution is 0.0980. The van der Waals surface area contributed by atoms with Gasteiger partial charge in [0.25, 0.3) is 0 Å². The van der Waals surface area contributed by atoms with Gasteiger partial charge in [-0.2, -0.15) is 0 Å². The minimum absolute atomic E-state index is 0.133. The Morgan fingerprint density at radius 2 is 2.30 bits per heavy atom. The van der Waals surface area contributed by atoms with Gasteiger partial charge >= 0.3 is 0 Å². The van der Waals surface area contributed by atoms with Gasteiger partial charge in [-0.15, -0.1) is 0 Å². The van der Waals surface area contributed by atoms with Gasteiger partial charge in [-0.1, -0.05) is 20.8 Å². The Bertz CT molecular complexity index is 610. The Morgan fingerprint density at radius 3 is 3.00 bits per heavy atom. The molecular formula is C16H22N2O2. The summed E-state index contributed by atoms with van der Waals surface area (Å²) in [6.45, 7) is 7.10. The second kappa shape index (κ2) is 4.77. The molecule has 4 heteroatoms. The maximum absolute atomic E-state index is 10.3. The lowest BCUT2D eigenvalue weighted by Gasteiger charge is -2.33. The molecule has 2 aromatic heterocycles. The van der Waals surface area contributed by atoms with Crippen LogP contribution in [0.5, 0.6) is 0 Å². The van der Waals surface area contributed by atoms with Crippen LogP contribution in [0.2, 0.25) is 0 Å². The summed E-state index contributed by atoms with van der Waals surface area (Å²) in [5.41, 5.74) is 2.41. The summed E-state index contributed by atoms with van der Waals surface area (Å²) in [6, 6.07) is 2.03. The zero-order valence-electron chi connectivity index (χ0n) is 12.4. The molecule has 0 spiro atoms. The summed E-state index contributed by atoms with van der Waals surface area (Å²) in [4.78, 5) is 4.32. The van der Waals surface area contributed by atoms with Gasteiger partial charge in [0.05, 0.1) is 18.8 Å².